The fourth-order valence-corrected chi connectivity index (χ4v) is 3.11. The quantitative estimate of drug-likeness (QED) is 0.593. The molecular formula is C22H33N3. The van der Waals surface area contributed by atoms with E-state index in [0.29, 0.717) is 11.6 Å². The summed E-state index contributed by atoms with van der Waals surface area (Å²) in [6.07, 6.45) is 4.56. The van der Waals surface area contributed by atoms with E-state index in [1.165, 1.54) is 5.56 Å². The van der Waals surface area contributed by atoms with Gasteiger partial charge >= 0.3 is 0 Å². The van der Waals surface area contributed by atoms with Gasteiger partial charge in [0.25, 0.3) is 0 Å². The van der Waals surface area contributed by atoms with Crippen LogP contribution < -0.4 is 11.6 Å². The van der Waals surface area contributed by atoms with E-state index in [2.05, 4.69) is 52.1 Å². The van der Waals surface area contributed by atoms with Gasteiger partial charge in [0.05, 0.1) is 11.4 Å². The van der Waals surface area contributed by atoms with Gasteiger partial charge in [-0.05, 0) is 37.3 Å². The van der Waals surface area contributed by atoms with Gasteiger partial charge < -0.3 is 10.7 Å². The minimum atomic E-state index is 0.129. The van der Waals surface area contributed by atoms with E-state index in [9.17, 15) is 0 Å². The number of hydrogen-bond donors (Lipinski definition) is 2. The van der Waals surface area contributed by atoms with Gasteiger partial charge in [0.15, 0.2) is 0 Å². The molecule has 0 spiro atoms. The van der Waals surface area contributed by atoms with Crippen LogP contribution in [0.5, 0.6) is 0 Å². The van der Waals surface area contributed by atoms with Gasteiger partial charge in [0.2, 0.25) is 0 Å². The fourth-order valence-electron chi connectivity index (χ4n) is 3.11. The molecule has 136 valence electrons. The largest absolute Gasteiger partial charge is 0.396 e. The monoisotopic (exact) mass is 339 g/mol. The number of allylic oxidation sites excluding steroid dienone is 3. The maximum absolute atomic E-state index is 6.55. The van der Waals surface area contributed by atoms with E-state index in [1.807, 2.05) is 26.0 Å². The highest BCUT2D eigenvalue weighted by atomic mass is 15.4. The molecule has 1 aliphatic carbocycles. The Labute approximate surface area is 153 Å². The number of fused-ring (bicyclic) bond motifs is 1. The summed E-state index contributed by atoms with van der Waals surface area (Å²) in [5.41, 5.74) is 12.4. The van der Waals surface area contributed by atoms with Crippen LogP contribution in [0.25, 0.3) is 5.70 Å². The first-order valence-electron chi connectivity index (χ1n) is 9.03. The van der Waals surface area contributed by atoms with Crippen molar-refractivity contribution in [1.29, 1.82) is 0 Å². The minimum Gasteiger partial charge on any atom is -0.396 e. The van der Waals surface area contributed by atoms with E-state index < -0.39 is 0 Å². The molecule has 4 N–H and O–H groups in total. The Kier molecular flexibility index (Phi) is 7.72. The Morgan fingerprint density at radius 1 is 1.16 bits per heavy atom. The molecule has 0 aromatic heterocycles. The SMILES string of the molecule is C=C/C1=C(C=C)/C(N)=C(/N(N)C(C)C)c2ccccc2C(C)C1.CC. The molecule has 1 atom stereocenters. The van der Waals surface area contributed by atoms with Crippen LogP contribution in [-0.2, 0) is 0 Å². The zero-order chi connectivity index (χ0) is 19.1. The average Bonchev–Trinajstić information content (AvgIpc) is 2.62. The van der Waals surface area contributed by atoms with Crippen molar-refractivity contribution in [2.45, 2.75) is 53.0 Å². The van der Waals surface area contributed by atoms with Gasteiger partial charge in [-0.1, -0.05) is 70.3 Å². The van der Waals surface area contributed by atoms with Crippen LogP contribution in [0, 0.1) is 0 Å². The molecule has 0 aliphatic heterocycles. The minimum absolute atomic E-state index is 0.129. The number of benzene rings is 1. The molecule has 25 heavy (non-hydrogen) atoms. The van der Waals surface area contributed by atoms with Crippen LogP contribution in [0.15, 0.2) is 66.4 Å². The van der Waals surface area contributed by atoms with E-state index in [0.717, 1.165) is 28.8 Å². The van der Waals surface area contributed by atoms with Crippen molar-refractivity contribution in [1.82, 2.24) is 5.01 Å². The lowest BCUT2D eigenvalue weighted by Crippen LogP contribution is -2.38. The van der Waals surface area contributed by atoms with E-state index in [-0.39, 0.29) is 6.04 Å². The fraction of sp³-hybridized carbons (Fsp3) is 0.364. The van der Waals surface area contributed by atoms with E-state index in [1.54, 1.807) is 11.1 Å². The van der Waals surface area contributed by atoms with Gasteiger partial charge in [-0.3, -0.25) is 0 Å². The normalized spacial score (nSPS) is 22.9. The number of rotatable bonds is 4. The molecule has 0 saturated carbocycles. The van der Waals surface area contributed by atoms with E-state index >= 15 is 0 Å². The van der Waals surface area contributed by atoms with Crippen LogP contribution in [-0.4, -0.2) is 11.1 Å². The Bertz CT molecular complexity index is 680. The summed E-state index contributed by atoms with van der Waals surface area (Å²) in [6, 6.07) is 8.47. The predicted molar refractivity (Wildman–Crippen MR) is 111 cm³/mol. The molecular weight excluding hydrogens is 306 g/mol. The molecule has 0 heterocycles. The third-order valence-corrected chi connectivity index (χ3v) is 4.43. The summed E-state index contributed by atoms with van der Waals surface area (Å²) in [4.78, 5) is 0. The van der Waals surface area contributed by atoms with Crippen LogP contribution in [0.2, 0.25) is 0 Å². The van der Waals surface area contributed by atoms with Crippen LogP contribution in [0.4, 0.5) is 0 Å². The maximum Gasteiger partial charge on any atom is 0.0831 e. The summed E-state index contributed by atoms with van der Waals surface area (Å²) in [5, 5.41) is 1.75. The lowest BCUT2D eigenvalue weighted by atomic mass is 9.83. The molecule has 1 aromatic rings. The Morgan fingerprint density at radius 3 is 2.28 bits per heavy atom. The third-order valence-electron chi connectivity index (χ3n) is 4.43. The average molecular weight is 340 g/mol. The number of hydrogen-bond acceptors (Lipinski definition) is 3. The first kappa shape index (κ1) is 20.8. The molecule has 0 bridgehead atoms. The van der Waals surface area contributed by atoms with Gasteiger partial charge in [0.1, 0.15) is 0 Å². The zero-order valence-electron chi connectivity index (χ0n) is 16.3. The molecule has 1 aliphatic rings. The van der Waals surface area contributed by atoms with Gasteiger partial charge in [-0.2, -0.15) is 0 Å². The molecule has 0 saturated heterocycles. The second kappa shape index (κ2) is 9.28. The second-order valence-corrected chi connectivity index (χ2v) is 6.30. The third kappa shape index (κ3) is 4.23. The summed E-state index contributed by atoms with van der Waals surface area (Å²) in [5.74, 6) is 6.72. The first-order valence-corrected chi connectivity index (χ1v) is 9.03. The summed E-state index contributed by atoms with van der Waals surface area (Å²) < 4.78 is 0. The van der Waals surface area contributed by atoms with E-state index in [4.69, 9.17) is 11.6 Å². The molecule has 0 amide bonds. The summed E-state index contributed by atoms with van der Waals surface area (Å²) in [7, 11) is 0. The highest BCUT2D eigenvalue weighted by Crippen LogP contribution is 2.38. The van der Waals surface area contributed by atoms with Crippen molar-refractivity contribution < 1.29 is 0 Å². The molecule has 2 rings (SSSR count). The topological polar surface area (TPSA) is 55.3 Å². The maximum atomic E-state index is 6.55. The summed E-state index contributed by atoms with van der Waals surface area (Å²) in [6.45, 7) is 18.2. The Balaban J connectivity index is 0.00000151. The van der Waals surface area contributed by atoms with Gasteiger partial charge in [-0.25, -0.2) is 5.84 Å². The summed E-state index contributed by atoms with van der Waals surface area (Å²) >= 11 is 0. The Morgan fingerprint density at radius 2 is 1.76 bits per heavy atom. The zero-order valence-corrected chi connectivity index (χ0v) is 16.3. The van der Waals surface area contributed by atoms with Gasteiger partial charge in [0, 0.05) is 17.2 Å². The smallest absolute Gasteiger partial charge is 0.0831 e. The Hall–Kier alpha value is -2.26. The standard InChI is InChI=1S/C20H27N3.C2H6/c1-6-15-12-14(5)17-10-8-9-11-18(17)20(23(22)13(3)4)19(21)16(15)7-2;1-2/h6-11,13-14H,1-2,12,21-22H2,3-5H3;1-2H3/b16-15-,20-19-;. The van der Waals surface area contributed by atoms with Crippen molar-refractivity contribution in [2.75, 3.05) is 0 Å². The molecule has 3 heteroatoms. The predicted octanol–water partition coefficient (Wildman–Crippen LogP) is 5.10. The molecule has 1 aromatic carbocycles. The van der Waals surface area contributed by atoms with Crippen molar-refractivity contribution >= 4 is 5.70 Å². The number of nitrogens with two attached hydrogens (primary N) is 2. The number of hydrazine groups is 1. The van der Waals surface area contributed by atoms with Crippen LogP contribution in [0.3, 0.4) is 0 Å². The lowest BCUT2D eigenvalue weighted by Gasteiger charge is -2.32. The number of nitrogens with zero attached hydrogens (tertiary/aromatic N) is 1. The van der Waals surface area contributed by atoms with Crippen LogP contribution >= 0.6 is 0 Å². The van der Waals surface area contributed by atoms with Crippen molar-refractivity contribution in [3.8, 4) is 0 Å². The molecule has 3 nitrogen and oxygen atoms in total. The highest BCUT2D eigenvalue weighted by Gasteiger charge is 2.25. The highest BCUT2D eigenvalue weighted by molar-refractivity contribution is 5.75. The van der Waals surface area contributed by atoms with Crippen molar-refractivity contribution in [2.24, 2.45) is 11.6 Å². The van der Waals surface area contributed by atoms with Crippen LogP contribution in [0.1, 0.15) is 58.1 Å². The first-order chi connectivity index (χ1) is 11.9. The van der Waals surface area contributed by atoms with Gasteiger partial charge in [-0.15, -0.1) is 0 Å². The van der Waals surface area contributed by atoms with Crippen molar-refractivity contribution in [3.05, 3.63) is 77.5 Å². The molecule has 0 radical (unpaired) electrons. The molecule has 0 fully saturated rings. The van der Waals surface area contributed by atoms with Crippen molar-refractivity contribution in [3.63, 3.8) is 0 Å². The molecule has 1 unspecified atom stereocenters. The lowest BCUT2D eigenvalue weighted by molar-refractivity contribution is 0.340. The second-order valence-electron chi connectivity index (χ2n) is 6.30.